The van der Waals surface area contributed by atoms with Gasteiger partial charge >= 0.3 is 0 Å². The van der Waals surface area contributed by atoms with Crippen LogP contribution in [0, 0.1) is 5.92 Å². The van der Waals surface area contributed by atoms with Crippen molar-refractivity contribution < 1.29 is 4.74 Å². The number of morpholine rings is 1. The minimum atomic E-state index is 0.391. The van der Waals surface area contributed by atoms with Gasteiger partial charge in [-0.2, -0.15) is 0 Å². The summed E-state index contributed by atoms with van der Waals surface area (Å²) in [5.41, 5.74) is 0. The third kappa shape index (κ3) is 5.41. The maximum absolute atomic E-state index is 5.85. The van der Waals surface area contributed by atoms with Crippen LogP contribution in [0.5, 0.6) is 0 Å². The second-order valence-electron chi connectivity index (χ2n) is 6.58. The number of ether oxygens (including phenoxy) is 1. The molecule has 3 nitrogen and oxygen atoms in total. The van der Waals surface area contributed by atoms with E-state index in [4.69, 9.17) is 4.74 Å². The number of rotatable bonds is 6. The molecule has 0 aromatic carbocycles. The molecule has 1 saturated heterocycles. The van der Waals surface area contributed by atoms with Crippen molar-refractivity contribution in [3.05, 3.63) is 0 Å². The van der Waals surface area contributed by atoms with Gasteiger partial charge in [0, 0.05) is 25.7 Å². The molecule has 1 heterocycles. The van der Waals surface area contributed by atoms with Crippen LogP contribution in [0.4, 0.5) is 0 Å². The third-order valence-electron chi connectivity index (χ3n) is 4.73. The zero-order valence-corrected chi connectivity index (χ0v) is 12.9. The summed E-state index contributed by atoms with van der Waals surface area (Å²) < 4.78 is 5.85. The first-order valence-corrected chi connectivity index (χ1v) is 8.32. The molecule has 0 aromatic heterocycles. The van der Waals surface area contributed by atoms with E-state index in [1.54, 1.807) is 0 Å². The molecular weight excluding hydrogens is 236 g/mol. The Hall–Kier alpha value is -0.120. The average molecular weight is 268 g/mol. The summed E-state index contributed by atoms with van der Waals surface area (Å²) in [6.45, 7) is 9.83. The van der Waals surface area contributed by atoms with Crippen molar-refractivity contribution in [2.45, 2.75) is 64.5 Å². The van der Waals surface area contributed by atoms with Crippen molar-refractivity contribution in [3.63, 3.8) is 0 Å². The lowest BCUT2D eigenvalue weighted by Gasteiger charge is -2.35. The molecule has 2 aliphatic rings. The van der Waals surface area contributed by atoms with Crippen molar-refractivity contribution in [3.8, 4) is 0 Å². The van der Waals surface area contributed by atoms with Crippen LogP contribution in [-0.2, 0) is 4.74 Å². The summed E-state index contributed by atoms with van der Waals surface area (Å²) in [5.74, 6) is 0.987. The average Bonchev–Trinajstić information content (AvgIpc) is 2.45. The number of hydrogen-bond acceptors (Lipinski definition) is 3. The first-order chi connectivity index (χ1) is 9.25. The first kappa shape index (κ1) is 15.3. The normalized spacial score (nSPS) is 27.0. The molecule has 1 aliphatic heterocycles. The van der Waals surface area contributed by atoms with Crippen LogP contribution >= 0.6 is 0 Å². The first-order valence-electron chi connectivity index (χ1n) is 8.32. The van der Waals surface area contributed by atoms with E-state index in [1.807, 2.05) is 0 Å². The predicted octanol–water partition coefficient (Wildman–Crippen LogP) is 2.66. The zero-order chi connectivity index (χ0) is 13.5. The van der Waals surface area contributed by atoms with Gasteiger partial charge in [-0.25, -0.2) is 0 Å². The van der Waals surface area contributed by atoms with E-state index in [-0.39, 0.29) is 0 Å². The van der Waals surface area contributed by atoms with Crippen LogP contribution in [0.2, 0.25) is 0 Å². The molecule has 0 bridgehead atoms. The Kier molecular flexibility index (Phi) is 6.62. The lowest BCUT2D eigenvalue weighted by molar-refractivity contribution is -0.0371. The Labute approximate surface area is 119 Å². The van der Waals surface area contributed by atoms with E-state index < -0.39 is 0 Å². The second-order valence-corrected chi connectivity index (χ2v) is 6.58. The highest BCUT2D eigenvalue weighted by atomic mass is 16.5. The fraction of sp³-hybridized carbons (Fsp3) is 1.00. The van der Waals surface area contributed by atoms with Gasteiger partial charge in [-0.1, -0.05) is 32.1 Å². The minimum Gasteiger partial charge on any atom is -0.374 e. The van der Waals surface area contributed by atoms with Crippen molar-refractivity contribution in [2.75, 3.05) is 32.8 Å². The Morgan fingerprint density at radius 1 is 1.21 bits per heavy atom. The van der Waals surface area contributed by atoms with Gasteiger partial charge in [0.05, 0.1) is 12.7 Å². The van der Waals surface area contributed by atoms with Crippen molar-refractivity contribution >= 4 is 0 Å². The van der Waals surface area contributed by atoms with E-state index in [0.717, 1.165) is 32.2 Å². The van der Waals surface area contributed by atoms with Gasteiger partial charge in [0.1, 0.15) is 0 Å². The van der Waals surface area contributed by atoms with Crippen molar-refractivity contribution in [1.29, 1.82) is 0 Å². The molecule has 1 saturated carbocycles. The summed E-state index contributed by atoms with van der Waals surface area (Å²) in [6, 6.07) is 0.647. The highest BCUT2D eigenvalue weighted by Crippen LogP contribution is 2.25. The van der Waals surface area contributed by atoms with Crippen LogP contribution in [0.1, 0.15) is 52.4 Å². The van der Waals surface area contributed by atoms with Crippen LogP contribution in [0.15, 0.2) is 0 Å². The molecule has 2 fully saturated rings. The molecule has 0 spiro atoms. The molecular formula is C16H32N2O. The molecule has 112 valence electrons. The zero-order valence-electron chi connectivity index (χ0n) is 12.9. The van der Waals surface area contributed by atoms with E-state index in [0.29, 0.717) is 12.1 Å². The predicted molar refractivity (Wildman–Crippen MR) is 80.5 cm³/mol. The van der Waals surface area contributed by atoms with E-state index in [9.17, 15) is 0 Å². The molecule has 0 amide bonds. The SMILES string of the molecule is CC(C)N1CCOC(CNCCC2CCCCC2)C1. The number of nitrogens with one attached hydrogen (secondary N) is 1. The maximum Gasteiger partial charge on any atom is 0.0826 e. The molecule has 3 heteroatoms. The topological polar surface area (TPSA) is 24.5 Å². The molecule has 1 N–H and O–H groups in total. The van der Waals surface area contributed by atoms with Gasteiger partial charge in [-0.05, 0) is 32.7 Å². The monoisotopic (exact) mass is 268 g/mol. The highest BCUT2D eigenvalue weighted by Gasteiger charge is 2.21. The summed E-state index contributed by atoms with van der Waals surface area (Å²) in [7, 11) is 0. The van der Waals surface area contributed by atoms with Gasteiger partial charge in [0.15, 0.2) is 0 Å². The lowest BCUT2D eigenvalue weighted by Crippen LogP contribution is -2.49. The standard InChI is InChI=1S/C16H32N2O/c1-14(2)18-10-11-19-16(13-18)12-17-9-8-15-6-4-3-5-7-15/h14-17H,3-13H2,1-2H3. The Morgan fingerprint density at radius 2 is 2.00 bits per heavy atom. The molecule has 0 aromatic rings. The van der Waals surface area contributed by atoms with E-state index in [2.05, 4.69) is 24.1 Å². The quantitative estimate of drug-likeness (QED) is 0.750. The largest absolute Gasteiger partial charge is 0.374 e. The summed E-state index contributed by atoms with van der Waals surface area (Å²) >= 11 is 0. The van der Waals surface area contributed by atoms with Gasteiger partial charge in [-0.3, -0.25) is 4.90 Å². The van der Waals surface area contributed by atoms with Gasteiger partial charge in [0.25, 0.3) is 0 Å². The lowest BCUT2D eigenvalue weighted by atomic mass is 9.87. The Morgan fingerprint density at radius 3 is 2.74 bits per heavy atom. The summed E-state index contributed by atoms with van der Waals surface area (Å²) in [5, 5.41) is 3.61. The van der Waals surface area contributed by atoms with Crippen LogP contribution in [0.25, 0.3) is 0 Å². The maximum atomic E-state index is 5.85. The molecule has 1 atom stereocenters. The minimum absolute atomic E-state index is 0.391. The Balaban J connectivity index is 1.55. The van der Waals surface area contributed by atoms with Crippen molar-refractivity contribution in [1.82, 2.24) is 10.2 Å². The van der Waals surface area contributed by atoms with Crippen LogP contribution in [-0.4, -0.2) is 49.8 Å². The van der Waals surface area contributed by atoms with Gasteiger partial charge < -0.3 is 10.1 Å². The van der Waals surface area contributed by atoms with Crippen LogP contribution in [0.3, 0.4) is 0 Å². The van der Waals surface area contributed by atoms with E-state index >= 15 is 0 Å². The van der Waals surface area contributed by atoms with E-state index in [1.165, 1.54) is 45.1 Å². The molecule has 2 rings (SSSR count). The van der Waals surface area contributed by atoms with Crippen molar-refractivity contribution in [2.24, 2.45) is 5.92 Å². The smallest absolute Gasteiger partial charge is 0.0826 e. The van der Waals surface area contributed by atoms with Gasteiger partial charge in [-0.15, -0.1) is 0 Å². The molecule has 0 radical (unpaired) electrons. The molecule has 19 heavy (non-hydrogen) atoms. The number of nitrogens with zero attached hydrogens (tertiary/aromatic N) is 1. The fourth-order valence-corrected chi connectivity index (χ4v) is 3.38. The Bertz CT molecular complexity index is 239. The van der Waals surface area contributed by atoms with Crippen LogP contribution < -0.4 is 5.32 Å². The summed E-state index contributed by atoms with van der Waals surface area (Å²) in [6.07, 6.45) is 9.05. The summed E-state index contributed by atoms with van der Waals surface area (Å²) in [4.78, 5) is 2.52. The molecule has 1 aliphatic carbocycles. The van der Waals surface area contributed by atoms with Gasteiger partial charge in [0.2, 0.25) is 0 Å². The molecule has 1 unspecified atom stereocenters. The highest BCUT2D eigenvalue weighted by molar-refractivity contribution is 4.76. The fourth-order valence-electron chi connectivity index (χ4n) is 3.38. The second kappa shape index (κ2) is 8.23. The number of hydrogen-bond donors (Lipinski definition) is 1. The third-order valence-corrected chi connectivity index (χ3v) is 4.73.